The van der Waals surface area contributed by atoms with Gasteiger partial charge in [0.1, 0.15) is 0 Å². The van der Waals surface area contributed by atoms with Crippen LogP contribution in [0, 0.1) is 0 Å². The van der Waals surface area contributed by atoms with Gasteiger partial charge in [-0.05, 0) is 36.6 Å². The quantitative estimate of drug-likeness (QED) is 0.491. The maximum Gasteiger partial charge on any atom is 0.363 e. The van der Waals surface area contributed by atoms with Gasteiger partial charge in [0.15, 0.2) is 5.70 Å². The molecule has 100 valence electrons. The molecular formula is C15H11NO2S2. The summed E-state index contributed by atoms with van der Waals surface area (Å²) in [4.78, 5) is 17.1. The first-order valence-corrected chi connectivity index (χ1v) is 8.02. The van der Waals surface area contributed by atoms with Gasteiger partial charge in [0, 0.05) is 10.4 Å². The first-order chi connectivity index (χ1) is 9.76. The van der Waals surface area contributed by atoms with Crippen LogP contribution in [-0.2, 0) is 9.53 Å². The number of carbonyl (C=O) groups is 1. The number of rotatable bonds is 3. The molecule has 1 aliphatic rings. The molecule has 0 fully saturated rings. The second-order valence-corrected chi connectivity index (χ2v) is 6.28. The number of hydrogen-bond donors (Lipinski definition) is 0. The minimum absolute atomic E-state index is 0.346. The lowest BCUT2D eigenvalue weighted by atomic mass is 10.2. The van der Waals surface area contributed by atoms with Gasteiger partial charge in [-0.3, -0.25) is 0 Å². The SMILES string of the molecule is CSc1ccc(/C=C2/N=C(c3ccccc3)OC2=O)s1. The molecule has 3 rings (SSSR count). The lowest BCUT2D eigenvalue weighted by Crippen LogP contribution is -2.04. The van der Waals surface area contributed by atoms with Crippen molar-refractivity contribution >= 4 is 41.0 Å². The maximum atomic E-state index is 11.8. The molecule has 0 unspecified atom stereocenters. The van der Waals surface area contributed by atoms with E-state index in [2.05, 4.69) is 4.99 Å². The lowest BCUT2D eigenvalue weighted by molar-refractivity contribution is -0.129. The Morgan fingerprint density at radius 1 is 1.20 bits per heavy atom. The number of carbonyl (C=O) groups excluding carboxylic acids is 1. The Balaban J connectivity index is 1.90. The third-order valence-corrected chi connectivity index (χ3v) is 4.84. The summed E-state index contributed by atoms with van der Waals surface area (Å²) in [5.74, 6) is -0.0357. The molecule has 20 heavy (non-hydrogen) atoms. The van der Waals surface area contributed by atoms with Crippen LogP contribution in [0.3, 0.4) is 0 Å². The van der Waals surface area contributed by atoms with Crippen molar-refractivity contribution in [1.29, 1.82) is 0 Å². The van der Waals surface area contributed by atoms with Gasteiger partial charge in [0.05, 0.1) is 4.21 Å². The number of cyclic esters (lactones) is 1. The number of nitrogens with zero attached hydrogens (tertiary/aromatic N) is 1. The number of hydrogen-bond acceptors (Lipinski definition) is 5. The van der Waals surface area contributed by atoms with Crippen LogP contribution in [0.25, 0.3) is 6.08 Å². The second kappa shape index (κ2) is 5.64. The molecule has 0 radical (unpaired) electrons. The van der Waals surface area contributed by atoms with Gasteiger partial charge in [-0.15, -0.1) is 23.1 Å². The standard InChI is InChI=1S/C15H11NO2S2/c1-19-13-8-7-11(20-13)9-12-15(17)18-14(16-12)10-5-3-2-4-6-10/h2-9H,1H3/b12-9+. The van der Waals surface area contributed by atoms with E-state index in [-0.39, 0.29) is 0 Å². The van der Waals surface area contributed by atoms with Gasteiger partial charge in [-0.1, -0.05) is 18.2 Å². The van der Waals surface area contributed by atoms with E-state index >= 15 is 0 Å². The Morgan fingerprint density at radius 2 is 2.00 bits per heavy atom. The van der Waals surface area contributed by atoms with Crippen molar-refractivity contribution in [3.63, 3.8) is 0 Å². The van der Waals surface area contributed by atoms with E-state index in [4.69, 9.17) is 4.74 Å². The van der Waals surface area contributed by atoms with Crippen LogP contribution in [0.1, 0.15) is 10.4 Å². The fourth-order valence-corrected chi connectivity index (χ4v) is 3.27. The van der Waals surface area contributed by atoms with Crippen LogP contribution in [0.15, 0.2) is 57.4 Å². The van der Waals surface area contributed by atoms with E-state index in [0.29, 0.717) is 11.6 Å². The Morgan fingerprint density at radius 3 is 2.70 bits per heavy atom. The summed E-state index contributed by atoms with van der Waals surface area (Å²) in [6.45, 7) is 0. The Labute approximate surface area is 125 Å². The fourth-order valence-electron chi connectivity index (χ4n) is 1.77. The molecule has 0 saturated carbocycles. The summed E-state index contributed by atoms with van der Waals surface area (Å²) in [5, 5.41) is 0. The van der Waals surface area contributed by atoms with Crippen LogP contribution in [0.2, 0.25) is 0 Å². The van der Waals surface area contributed by atoms with Crippen molar-refractivity contribution in [1.82, 2.24) is 0 Å². The van der Waals surface area contributed by atoms with Crippen LogP contribution in [-0.4, -0.2) is 18.1 Å². The van der Waals surface area contributed by atoms with Gasteiger partial charge in [0.2, 0.25) is 5.90 Å². The summed E-state index contributed by atoms with van der Waals surface area (Å²) in [6, 6.07) is 13.4. The molecule has 1 aliphatic heterocycles. The average Bonchev–Trinajstić information content (AvgIpc) is 3.08. The first-order valence-electron chi connectivity index (χ1n) is 5.98. The molecule has 0 N–H and O–H groups in total. The fraction of sp³-hybridized carbons (Fsp3) is 0.0667. The van der Waals surface area contributed by atoms with E-state index in [0.717, 1.165) is 10.4 Å². The number of thiophene rings is 1. The molecule has 0 atom stereocenters. The zero-order valence-electron chi connectivity index (χ0n) is 10.7. The molecule has 5 heteroatoms. The van der Waals surface area contributed by atoms with Gasteiger partial charge >= 0.3 is 5.97 Å². The zero-order valence-corrected chi connectivity index (χ0v) is 12.3. The van der Waals surface area contributed by atoms with E-state index in [9.17, 15) is 4.79 Å². The van der Waals surface area contributed by atoms with Crippen molar-refractivity contribution in [3.8, 4) is 0 Å². The number of esters is 1. The highest BCUT2D eigenvalue weighted by Gasteiger charge is 2.24. The summed E-state index contributed by atoms with van der Waals surface area (Å²) in [5.41, 5.74) is 1.15. The maximum absolute atomic E-state index is 11.8. The largest absolute Gasteiger partial charge is 0.402 e. The third-order valence-electron chi connectivity index (χ3n) is 2.72. The van der Waals surface area contributed by atoms with Gasteiger partial charge in [0.25, 0.3) is 0 Å². The van der Waals surface area contributed by atoms with Gasteiger partial charge in [-0.25, -0.2) is 9.79 Å². The summed E-state index contributed by atoms with van der Waals surface area (Å²) < 4.78 is 6.41. The highest BCUT2D eigenvalue weighted by molar-refractivity contribution is 8.00. The molecule has 0 aliphatic carbocycles. The molecule has 0 amide bonds. The van der Waals surface area contributed by atoms with Crippen LogP contribution in [0.4, 0.5) is 0 Å². The minimum atomic E-state index is -0.400. The number of ether oxygens (including phenoxy) is 1. The number of aliphatic imine (C=N–C) groups is 1. The van der Waals surface area contributed by atoms with Crippen LogP contribution >= 0.6 is 23.1 Å². The third kappa shape index (κ3) is 2.69. The average molecular weight is 301 g/mol. The Bertz CT molecular complexity index is 702. The van der Waals surface area contributed by atoms with E-state index < -0.39 is 5.97 Å². The summed E-state index contributed by atoms with van der Waals surface area (Å²) in [7, 11) is 0. The zero-order chi connectivity index (χ0) is 13.9. The van der Waals surface area contributed by atoms with Crippen molar-refractivity contribution in [3.05, 3.63) is 58.6 Å². The van der Waals surface area contributed by atoms with E-state index in [1.54, 1.807) is 29.2 Å². The highest BCUT2D eigenvalue weighted by Crippen LogP contribution is 2.28. The topological polar surface area (TPSA) is 38.7 Å². The Kier molecular flexibility index (Phi) is 3.71. The van der Waals surface area contributed by atoms with Crippen LogP contribution in [0.5, 0.6) is 0 Å². The molecule has 2 heterocycles. The van der Waals surface area contributed by atoms with Gasteiger partial charge in [-0.2, -0.15) is 0 Å². The van der Waals surface area contributed by atoms with Crippen molar-refractivity contribution in [2.75, 3.05) is 6.26 Å². The molecule has 0 bridgehead atoms. The number of benzene rings is 1. The predicted molar refractivity (Wildman–Crippen MR) is 83.1 cm³/mol. The molecule has 0 spiro atoms. The molecular weight excluding hydrogens is 290 g/mol. The smallest absolute Gasteiger partial charge is 0.363 e. The second-order valence-electron chi connectivity index (χ2n) is 4.06. The molecule has 0 saturated heterocycles. The van der Waals surface area contributed by atoms with Crippen molar-refractivity contribution < 1.29 is 9.53 Å². The molecule has 1 aromatic carbocycles. The highest BCUT2D eigenvalue weighted by atomic mass is 32.2. The summed E-state index contributed by atoms with van der Waals surface area (Å²) in [6.07, 6.45) is 3.79. The predicted octanol–water partition coefficient (Wildman–Crippen LogP) is 3.81. The van der Waals surface area contributed by atoms with E-state index in [1.165, 1.54) is 4.21 Å². The van der Waals surface area contributed by atoms with E-state index in [1.807, 2.05) is 48.7 Å². The molecule has 2 aromatic rings. The molecule has 3 nitrogen and oxygen atoms in total. The van der Waals surface area contributed by atoms with Gasteiger partial charge < -0.3 is 4.74 Å². The van der Waals surface area contributed by atoms with Crippen LogP contribution < -0.4 is 0 Å². The summed E-state index contributed by atoms with van der Waals surface area (Å²) >= 11 is 3.31. The monoisotopic (exact) mass is 301 g/mol. The van der Waals surface area contributed by atoms with Crippen molar-refractivity contribution in [2.24, 2.45) is 4.99 Å². The lowest BCUT2D eigenvalue weighted by Gasteiger charge is -1.97. The minimum Gasteiger partial charge on any atom is -0.402 e. The van der Waals surface area contributed by atoms with Crippen molar-refractivity contribution in [2.45, 2.75) is 4.21 Å². The Hall–Kier alpha value is -1.85. The first kappa shape index (κ1) is 13.1. The molecule has 1 aromatic heterocycles. The number of thioether (sulfide) groups is 1. The normalized spacial score (nSPS) is 16.4.